The number of hydrogen-bond acceptors (Lipinski definition) is 3. The first-order chi connectivity index (χ1) is 8.81. The maximum atomic E-state index is 11.7. The van der Waals surface area contributed by atoms with Crippen molar-refractivity contribution in [2.45, 2.75) is 6.10 Å². The number of halogens is 2. The molecule has 1 aromatic carbocycles. The fourth-order valence-corrected chi connectivity index (χ4v) is 1.84. The molecule has 0 fully saturated rings. The molecule has 1 aromatic rings. The smallest absolute Gasteiger partial charge is 0.253 e. The van der Waals surface area contributed by atoms with Crippen LogP contribution in [0.3, 0.4) is 0 Å². The van der Waals surface area contributed by atoms with Crippen LogP contribution in [-0.2, 0) is 9.59 Å². The lowest BCUT2D eigenvalue weighted by Gasteiger charge is -2.14. The van der Waals surface area contributed by atoms with Crippen LogP contribution in [0.1, 0.15) is 11.7 Å². The molecule has 0 saturated heterocycles. The van der Waals surface area contributed by atoms with Crippen molar-refractivity contribution in [3.8, 4) is 0 Å². The second kappa shape index (κ2) is 6.75. The zero-order chi connectivity index (χ0) is 14.6. The summed E-state index contributed by atoms with van der Waals surface area (Å²) >= 11 is 11.6. The Labute approximate surface area is 121 Å². The summed E-state index contributed by atoms with van der Waals surface area (Å²) in [6.07, 6.45) is -1.42. The molecular formula is C12H14Cl2N2O3. The minimum Gasteiger partial charge on any atom is -0.378 e. The van der Waals surface area contributed by atoms with Gasteiger partial charge in [-0.15, -0.1) is 0 Å². The van der Waals surface area contributed by atoms with E-state index < -0.39 is 12.0 Å². The SMILES string of the molecule is CN(C)C(=O)CNC(=O)C(O)c1cc(Cl)cc(Cl)c1. The van der Waals surface area contributed by atoms with E-state index in [2.05, 4.69) is 5.32 Å². The van der Waals surface area contributed by atoms with Gasteiger partial charge in [0.2, 0.25) is 5.91 Å². The zero-order valence-electron chi connectivity index (χ0n) is 10.5. The number of nitrogens with zero attached hydrogens (tertiary/aromatic N) is 1. The quantitative estimate of drug-likeness (QED) is 0.879. The van der Waals surface area contributed by atoms with E-state index in [0.717, 1.165) is 0 Å². The van der Waals surface area contributed by atoms with Gasteiger partial charge in [-0.3, -0.25) is 9.59 Å². The van der Waals surface area contributed by atoms with Crippen molar-refractivity contribution in [3.05, 3.63) is 33.8 Å². The van der Waals surface area contributed by atoms with Crippen LogP contribution in [0.2, 0.25) is 10.0 Å². The Morgan fingerprint density at radius 2 is 1.79 bits per heavy atom. The number of nitrogens with one attached hydrogen (secondary N) is 1. The number of rotatable bonds is 4. The molecule has 0 aliphatic rings. The molecular weight excluding hydrogens is 291 g/mol. The van der Waals surface area contributed by atoms with Gasteiger partial charge in [-0.1, -0.05) is 23.2 Å². The average molecular weight is 305 g/mol. The highest BCUT2D eigenvalue weighted by Crippen LogP contribution is 2.23. The lowest BCUT2D eigenvalue weighted by atomic mass is 10.1. The van der Waals surface area contributed by atoms with Gasteiger partial charge in [-0.25, -0.2) is 0 Å². The van der Waals surface area contributed by atoms with Crippen LogP contribution in [0, 0.1) is 0 Å². The molecule has 0 heterocycles. The van der Waals surface area contributed by atoms with Crippen LogP contribution in [0.4, 0.5) is 0 Å². The van der Waals surface area contributed by atoms with Gasteiger partial charge in [-0.2, -0.15) is 0 Å². The Morgan fingerprint density at radius 1 is 1.26 bits per heavy atom. The third-order valence-corrected chi connectivity index (χ3v) is 2.80. The second-order valence-corrected chi connectivity index (χ2v) is 4.98. The molecule has 104 valence electrons. The van der Waals surface area contributed by atoms with Crippen molar-refractivity contribution in [2.24, 2.45) is 0 Å². The Balaban J connectivity index is 2.69. The molecule has 5 nitrogen and oxygen atoms in total. The predicted octanol–water partition coefficient (Wildman–Crippen LogP) is 1.23. The van der Waals surface area contributed by atoms with Gasteiger partial charge in [0.15, 0.2) is 6.10 Å². The van der Waals surface area contributed by atoms with Crippen molar-refractivity contribution in [2.75, 3.05) is 20.6 Å². The van der Waals surface area contributed by atoms with E-state index in [-0.39, 0.29) is 18.0 Å². The van der Waals surface area contributed by atoms with E-state index in [4.69, 9.17) is 23.2 Å². The molecule has 1 atom stereocenters. The van der Waals surface area contributed by atoms with E-state index in [0.29, 0.717) is 10.0 Å². The lowest BCUT2D eigenvalue weighted by molar-refractivity contribution is -0.134. The molecule has 2 amide bonds. The molecule has 0 radical (unpaired) electrons. The molecule has 7 heteroatoms. The number of likely N-dealkylation sites (N-methyl/N-ethyl adjacent to an activating group) is 1. The molecule has 0 bridgehead atoms. The summed E-state index contributed by atoms with van der Waals surface area (Å²) < 4.78 is 0. The third kappa shape index (κ3) is 4.70. The van der Waals surface area contributed by atoms with Gasteiger partial charge in [0.05, 0.1) is 6.54 Å². The highest BCUT2D eigenvalue weighted by molar-refractivity contribution is 6.34. The van der Waals surface area contributed by atoms with E-state index in [1.807, 2.05) is 0 Å². The number of benzene rings is 1. The standard InChI is InChI=1S/C12H14Cl2N2O3/c1-16(2)10(17)6-15-12(19)11(18)7-3-8(13)5-9(14)4-7/h3-5,11,18H,6H2,1-2H3,(H,15,19). The summed E-state index contributed by atoms with van der Waals surface area (Å²) in [6.45, 7) is -0.183. The Hall–Kier alpha value is -1.30. The van der Waals surface area contributed by atoms with Crippen molar-refractivity contribution >= 4 is 35.0 Å². The summed E-state index contributed by atoms with van der Waals surface area (Å²) in [7, 11) is 3.14. The largest absolute Gasteiger partial charge is 0.378 e. The summed E-state index contributed by atoms with van der Waals surface area (Å²) in [5.41, 5.74) is 0.271. The van der Waals surface area contributed by atoms with Gasteiger partial charge in [-0.05, 0) is 23.8 Å². The van der Waals surface area contributed by atoms with E-state index in [9.17, 15) is 14.7 Å². The van der Waals surface area contributed by atoms with E-state index in [1.54, 1.807) is 14.1 Å². The summed E-state index contributed by atoms with van der Waals surface area (Å²) in [4.78, 5) is 24.3. The van der Waals surface area contributed by atoms with Gasteiger partial charge < -0.3 is 15.3 Å². The number of carbonyl (C=O) groups excluding carboxylic acids is 2. The van der Waals surface area contributed by atoms with E-state index in [1.165, 1.54) is 23.1 Å². The van der Waals surface area contributed by atoms with Crippen LogP contribution >= 0.6 is 23.2 Å². The van der Waals surface area contributed by atoms with Crippen LogP contribution in [0.25, 0.3) is 0 Å². The van der Waals surface area contributed by atoms with Crippen LogP contribution in [0.5, 0.6) is 0 Å². The van der Waals surface area contributed by atoms with Crippen LogP contribution in [-0.4, -0.2) is 42.5 Å². The highest BCUT2D eigenvalue weighted by Gasteiger charge is 2.19. The van der Waals surface area contributed by atoms with Gasteiger partial charge >= 0.3 is 0 Å². The first kappa shape index (κ1) is 15.8. The third-order valence-electron chi connectivity index (χ3n) is 2.36. The minimum atomic E-state index is -1.42. The Bertz CT molecular complexity index is 472. The summed E-state index contributed by atoms with van der Waals surface area (Å²) in [6, 6.07) is 4.36. The normalized spacial score (nSPS) is 11.8. The molecule has 2 N–H and O–H groups in total. The Kier molecular flexibility index (Phi) is 5.60. The lowest BCUT2D eigenvalue weighted by Crippen LogP contribution is -2.38. The summed E-state index contributed by atoms with van der Waals surface area (Å²) in [5.74, 6) is -0.960. The topological polar surface area (TPSA) is 69.6 Å². The molecule has 0 saturated carbocycles. The first-order valence-electron chi connectivity index (χ1n) is 5.43. The second-order valence-electron chi connectivity index (χ2n) is 4.11. The monoisotopic (exact) mass is 304 g/mol. The van der Waals surface area contributed by atoms with Gasteiger partial charge in [0, 0.05) is 24.1 Å². The summed E-state index contributed by atoms with van der Waals surface area (Å²) in [5, 5.41) is 12.8. The Morgan fingerprint density at radius 3 is 2.26 bits per heavy atom. The maximum absolute atomic E-state index is 11.7. The van der Waals surface area contributed by atoms with Crippen molar-refractivity contribution in [1.82, 2.24) is 10.2 Å². The van der Waals surface area contributed by atoms with Crippen molar-refractivity contribution in [1.29, 1.82) is 0 Å². The van der Waals surface area contributed by atoms with E-state index >= 15 is 0 Å². The molecule has 0 aromatic heterocycles. The maximum Gasteiger partial charge on any atom is 0.253 e. The molecule has 0 spiro atoms. The molecule has 1 unspecified atom stereocenters. The minimum absolute atomic E-state index is 0.183. The molecule has 19 heavy (non-hydrogen) atoms. The fourth-order valence-electron chi connectivity index (χ4n) is 1.30. The predicted molar refractivity (Wildman–Crippen MR) is 73.1 cm³/mol. The molecule has 1 rings (SSSR count). The van der Waals surface area contributed by atoms with Gasteiger partial charge in [0.25, 0.3) is 5.91 Å². The number of aliphatic hydroxyl groups is 1. The fraction of sp³-hybridized carbons (Fsp3) is 0.333. The van der Waals surface area contributed by atoms with Crippen LogP contribution in [0.15, 0.2) is 18.2 Å². The van der Waals surface area contributed by atoms with Crippen molar-refractivity contribution in [3.63, 3.8) is 0 Å². The first-order valence-corrected chi connectivity index (χ1v) is 6.18. The number of hydrogen-bond donors (Lipinski definition) is 2. The van der Waals surface area contributed by atoms with Crippen molar-refractivity contribution < 1.29 is 14.7 Å². The molecule has 0 aliphatic carbocycles. The highest BCUT2D eigenvalue weighted by atomic mass is 35.5. The number of amides is 2. The van der Waals surface area contributed by atoms with Gasteiger partial charge in [0.1, 0.15) is 0 Å². The number of aliphatic hydroxyl groups excluding tert-OH is 1. The van der Waals surface area contributed by atoms with Crippen LogP contribution < -0.4 is 5.32 Å². The average Bonchev–Trinajstić information content (AvgIpc) is 2.33. The number of carbonyl (C=O) groups is 2. The zero-order valence-corrected chi connectivity index (χ0v) is 12.0. The molecule has 0 aliphatic heterocycles.